The number of aromatic nitrogens is 5. The molecule has 0 unspecified atom stereocenters. The summed E-state index contributed by atoms with van der Waals surface area (Å²) in [5, 5.41) is 9.68. The molecular weight excluding hydrogens is 529 g/mol. The Hall–Kier alpha value is -4.76. The minimum absolute atomic E-state index is 0.317. The maximum absolute atomic E-state index is 14.8. The van der Waals surface area contributed by atoms with Crippen molar-refractivity contribution in [2.24, 2.45) is 0 Å². The highest BCUT2D eigenvalue weighted by Crippen LogP contribution is 2.36. The molecule has 0 aliphatic carbocycles. The third-order valence-corrected chi connectivity index (χ3v) is 7.96. The molecular formula is C33H32FN7O. The number of fused-ring (bicyclic) bond motifs is 2. The first-order valence-electron chi connectivity index (χ1n) is 14.3. The second-order valence-corrected chi connectivity index (χ2v) is 11.0. The number of likely N-dealkylation sites (tertiary alicyclic amines) is 1. The first-order valence-corrected chi connectivity index (χ1v) is 14.3. The number of pyridine rings is 2. The van der Waals surface area contributed by atoms with Gasteiger partial charge in [0.1, 0.15) is 23.9 Å². The van der Waals surface area contributed by atoms with E-state index < -0.39 is 0 Å². The van der Waals surface area contributed by atoms with Gasteiger partial charge in [0.25, 0.3) is 0 Å². The van der Waals surface area contributed by atoms with E-state index in [1.165, 1.54) is 18.9 Å². The van der Waals surface area contributed by atoms with Crippen LogP contribution in [-0.2, 0) is 0 Å². The lowest BCUT2D eigenvalue weighted by Gasteiger charge is -2.15. The van der Waals surface area contributed by atoms with E-state index >= 15 is 0 Å². The summed E-state index contributed by atoms with van der Waals surface area (Å²) in [5.74, 6) is 0.227. The highest BCUT2D eigenvalue weighted by atomic mass is 19.1. The molecule has 0 saturated carbocycles. The lowest BCUT2D eigenvalue weighted by atomic mass is 10.0. The number of nitrogens with one attached hydrogen (secondary N) is 2. The highest BCUT2D eigenvalue weighted by molar-refractivity contribution is 6.01. The fourth-order valence-corrected chi connectivity index (χ4v) is 5.73. The number of hydrogen-bond acceptors (Lipinski definition) is 6. The van der Waals surface area contributed by atoms with Crippen molar-refractivity contribution in [3.05, 3.63) is 79.0 Å². The lowest BCUT2D eigenvalue weighted by Crippen LogP contribution is -2.25. The molecule has 1 saturated heterocycles. The Bertz CT molecular complexity index is 1890. The van der Waals surface area contributed by atoms with E-state index in [0.717, 1.165) is 80.9 Å². The average Bonchev–Trinajstić information content (AvgIpc) is 3.76. The van der Waals surface area contributed by atoms with Crippen molar-refractivity contribution < 1.29 is 9.13 Å². The Morgan fingerprint density at radius 2 is 1.81 bits per heavy atom. The van der Waals surface area contributed by atoms with Crippen molar-refractivity contribution in [2.75, 3.05) is 45.2 Å². The van der Waals surface area contributed by atoms with Gasteiger partial charge in [-0.05, 0) is 73.5 Å². The fraction of sp³-hybridized carbons (Fsp3) is 0.242. The topological polar surface area (TPSA) is 86.0 Å². The molecule has 8 nitrogen and oxygen atoms in total. The molecule has 1 aliphatic rings. The van der Waals surface area contributed by atoms with Crippen LogP contribution in [0.5, 0.6) is 5.75 Å². The largest absolute Gasteiger partial charge is 0.492 e. The van der Waals surface area contributed by atoms with Gasteiger partial charge >= 0.3 is 0 Å². The van der Waals surface area contributed by atoms with Gasteiger partial charge in [-0.2, -0.15) is 5.10 Å². The molecule has 0 bridgehead atoms. The highest BCUT2D eigenvalue weighted by Gasteiger charge is 2.16. The molecule has 1 fully saturated rings. The maximum atomic E-state index is 14.8. The van der Waals surface area contributed by atoms with Crippen molar-refractivity contribution in [3.8, 4) is 39.5 Å². The van der Waals surface area contributed by atoms with Gasteiger partial charge < -0.3 is 14.6 Å². The lowest BCUT2D eigenvalue weighted by molar-refractivity contribution is 0.237. The molecule has 0 radical (unpaired) electrons. The first-order chi connectivity index (χ1) is 20.5. The van der Waals surface area contributed by atoms with Crippen LogP contribution >= 0.6 is 0 Å². The van der Waals surface area contributed by atoms with E-state index in [4.69, 9.17) is 4.74 Å². The van der Waals surface area contributed by atoms with Crippen molar-refractivity contribution in [1.29, 1.82) is 0 Å². The van der Waals surface area contributed by atoms with Crippen LogP contribution < -0.4 is 9.64 Å². The number of anilines is 1. The molecule has 6 aromatic rings. The van der Waals surface area contributed by atoms with Gasteiger partial charge in [0.15, 0.2) is 0 Å². The van der Waals surface area contributed by atoms with Crippen molar-refractivity contribution in [1.82, 2.24) is 30.0 Å². The zero-order valence-electron chi connectivity index (χ0n) is 23.7. The second-order valence-electron chi connectivity index (χ2n) is 11.0. The Morgan fingerprint density at radius 3 is 2.67 bits per heavy atom. The molecule has 0 spiro atoms. The molecule has 5 heterocycles. The Labute approximate surface area is 243 Å². The van der Waals surface area contributed by atoms with Crippen LogP contribution in [-0.4, -0.2) is 70.4 Å². The molecule has 1 aliphatic heterocycles. The van der Waals surface area contributed by atoms with E-state index in [-0.39, 0.29) is 5.82 Å². The summed E-state index contributed by atoms with van der Waals surface area (Å²) in [6.45, 7) is 3.62. The molecule has 2 N–H and O–H groups in total. The quantitative estimate of drug-likeness (QED) is 0.220. The van der Waals surface area contributed by atoms with Crippen LogP contribution in [0.1, 0.15) is 12.8 Å². The van der Waals surface area contributed by atoms with Gasteiger partial charge in [-0.15, -0.1) is 0 Å². The van der Waals surface area contributed by atoms with Gasteiger partial charge in [-0.1, -0.05) is 12.1 Å². The Morgan fingerprint density at radius 1 is 0.929 bits per heavy atom. The zero-order valence-corrected chi connectivity index (χ0v) is 23.7. The van der Waals surface area contributed by atoms with Crippen LogP contribution in [0.4, 0.5) is 10.1 Å². The minimum Gasteiger partial charge on any atom is -0.492 e. The molecule has 4 aromatic heterocycles. The molecule has 42 heavy (non-hydrogen) atoms. The van der Waals surface area contributed by atoms with Gasteiger partial charge in [-0.25, -0.2) is 4.39 Å². The van der Waals surface area contributed by atoms with E-state index in [1.807, 2.05) is 61.7 Å². The summed E-state index contributed by atoms with van der Waals surface area (Å²) in [6, 6.07) is 17.1. The number of aromatic amines is 2. The van der Waals surface area contributed by atoms with Crippen LogP contribution in [0.3, 0.4) is 0 Å². The minimum atomic E-state index is -0.317. The predicted molar refractivity (Wildman–Crippen MR) is 165 cm³/mol. The summed E-state index contributed by atoms with van der Waals surface area (Å²) in [7, 11) is 3.98. The number of nitrogens with zero attached hydrogens (tertiary/aromatic N) is 5. The third-order valence-electron chi connectivity index (χ3n) is 7.96. The van der Waals surface area contributed by atoms with E-state index in [2.05, 4.69) is 42.2 Å². The van der Waals surface area contributed by atoms with Crippen LogP contribution in [0, 0.1) is 5.82 Å². The van der Waals surface area contributed by atoms with E-state index in [1.54, 1.807) is 12.3 Å². The predicted octanol–water partition coefficient (Wildman–Crippen LogP) is 6.51. The van der Waals surface area contributed by atoms with Gasteiger partial charge in [-0.3, -0.25) is 20.0 Å². The molecule has 212 valence electrons. The standard InChI is InChI=1S/C33H32FN7O/c1-40(2)24-13-22(18-35-19-24)30-17-28-32(20-36-30)38-39-33(28)31-16-27-26(6-5-7-29(27)37-31)21-12-23(34)15-25(14-21)42-11-10-41-8-3-4-9-41/h5-7,12-20,37H,3-4,8-11H2,1-2H3,(H,38,39). The Balaban J connectivity index is 1.22. The van der Waals surface area contributed by atoms with Crippen molar-refractivity contribution in [2.45, 2.75) is 12.8 Å². The number of H-pyrrole nitrogens is 2. The second kappa shape index (κ2) is 10.9. The van der Waals surface area contributed by atoms with E-state index in [0.29, 0.717) is 12.4 Å². The summed E-state index contributed by atoms with van der Waals surface area (Å²) in [6.07, 6.45) is 7.92. The Kier molecular flexibility index (Phi) is 6.79. The third kappa shape index (κ3) is 5.07. The summed E-state index contributed by atoms with van der Waals surface area (Å²) >= 11 is 0. The van der Waals surface area contributed by atoms with Crippen molar-refractivity contribution in [3.63, 3.8) is 0 Å². The summed E-state index contributed by atoms with van der Waals surface area (Å²) < 4.78 is 20.8. The smallest absolute Gasteiger partial charge is 0.127 e. The van der Waals surface area contributed by atoms with Crippen LogP contribution in [0.2, 0.25) is 0 Å². The maximum Gasteiger partial charge on any atom is 0.127 e. The molecule has 2 aromatic carbocycles. The molecule has 7 rings (SSSR count). The van der Waals surface area contributed by atoms with Gasteiger partial charge in [0.05, 0.1) is 35.0 Å². The number of rotatable bonds is 8. The fourth-order valence-electron chi connectivity index (χ4n) is 5.73. The van der Waals surface area contributed by atoms with Crippen LogP contribution in [0.25, 0.3) is 55.6 Å². The zero-order chi connectivity index (χ0) is 28.6. The van der Waals surface area contributed by atoms with Crippen LogP contribution in [0.15, 0.2) is 73.2 Å². The van der Waals surface area contributed by atoms with Crippen molar-refractivity contribution >= 4 is 27.5 Å². The average molecular weight is 562 g/mol. The first kappa shape index (κ1) is 26.2. The normalized spacial score (nSPS) is 13.8. The monoisotopic (exact) mass is 561 g/mol. The van der Waals surface area contributed by atoms with Gasteiger partial charge in [0.2, 0.25) is 0 Å². The number of benzene rings is 2. The summed E-state index contributed by atoms with van der Waals surface area (Å²) in [4.78, 5) is 17.0. The molecule has 9 heteroatoms. The molecule has 0 atom stereocenters. The summed E-state index contributed by atoms with van der Waals surface area (Å²) in [5.41, 5.74) is 7.87. The van der Waals surface area contributed by atoms with Gasteiger partial charge in [0, 0.05) is 54.8 Å². The SMILES string of the molecule is CN(C)c1cncc(-c2cc3c(-c4cc5c(-c6cc(F)cc(OCCN7CCCC7)c6)cccc5[nH]4)n[nH]c3cn2)c1. The number of hydrogen-bond donors (Lipinski definition) is 2. The number of halogens is 1. The molecule has 0 amide bonds. The van der Waals surface area contributed by atoms with E-state index in [9.17, 15) is 4.39 Å². The number of ether oxygens (including phenoxy) is 1.